The minimum Gasteiger partial charge on any atom is -0.456 e. The highest BCUT2D eigenvalue weighted by Crippen LogP contribution is 2.53. The zero-order chi connectivity index (χ0) is 85.6. The second kappa shape index (κ2) is 31.5. The average Bonchev–Trinajstić information content (AvgIpc) is 1.57. The summed E-state index contributed by atoms with van der Waals surface area (Å²) in [7, 11) is 0. The Labute approximate surface area is 747 Å². The summed E-state index contributed by atoms with van der Waals surface area (Å²) in [6, 6.07) is 165. The quantitative estimate of drug-likeness (QED) is 0.102. The van der Waals surface area contributed by atoms with Crippen molar-refractivity contribution in [1.82, 2.24) is 0 Å². The lowest BCUT2D eigenvalue weighted by molar-refractivity contribution is 0.660. The summed E-state index contributed by atoms with van der Waals surface area (Å²) in [5.41, 5.74) is 39.8. The number of benzene rings is 20. The first-order chi connectivity index (χ1) is 63.6. The molecule has 0 bridgehead atoms. The highest BCUT2D eigenvalue weighted by molar-refractivity contribution is 6.12. The lowest BCUT2D eigenvalue weighted by Crippen LogP contribution is -2.16. The number of nitrogens with zero attached hydrogens (tertiary/aromatic N) is 2. The SMILES string of the molecule is CC1(C)c2cc(-c3ccccc3)ccc2-c2ccc(N(c3ccc(-c4cccc5c4oc4ccccc45)cc3)c3ccc(-c4cccc5c4oc4ccccc45)cc3)cc21.c1ccc(-c2ccc(-c3ccc(N(c4ccc(-c5ccc(-c6ccc7oc8ccccc8c7c6)cc5)cc4)c4ccc(-c5ccc(-c6ccc7oc8ccccc8c7c6)cc5)cc4)cc3)cc2)cc1. The van der Waals surface area contributed by atoms with Crippen molar-refractivity contribution in [1.29, 1.82) is 0 Å². The van der Waals surface area contributed by atoms with E-state index in [2.05, 4.69) is 436 Å². The molecule has 6 heteroatoms. The van der Waals surface area contributed by atoms with Gasteiger partial charge in [0.1, 0.15) is 44.7 Å². The van der Waals surface area contributed by atoms with E-state index < -0.39 is 0 Å². The molecule has 0 aliphatic heterocycles. The number of fused-ring (bicyclic) bond motifs is 15. The minimum absolute atomic E-state index is 0.193. The molecule has 0 saturated heterocycles. The minimum atomic E-state index is -0.193. The Kier molecular flexibility index (Phi) is 18.5. The van der Waals surface area contributed by atoms with E-state index in [1.807, 2.05) is 48.5 Å². The van der Waals surface area contributed by atoms with Crippen LogP contribution < -0.4 is 9.80 Å². The fraction of sp³-hybridized carbons (Fsp3) is 0.0244. The molecule has 0 spiro atoms. The predicted octanol–water partition coefficient (Wildman–Crippen LogP) is 35.2. The van der Waals surface area contributed by atoms with Crippen molar-refractivity contribution in [2.45, 2.75) is 19.3 Å². The van der Waals surface area contributed by atoms with Crippen LogP contribution in [-0.4, -0.2) is 0 Å². The molecule has 4 heterocycles. The van der Waals surface area contributed by atoms with Crippen molar-refractivity contribution in [3.8, 4) is 111 Å². The monoisotopic (exact) mass is 1650 g/mol. The fourth-order valence-electron chi connectivity index (χ4n) is 19.5. The maximum atomic E-state index is 6.45. The molecule has 1 aliphatic rings. The third-order valence-electron chi connectivity index (χ3n) is 26.3. The van der Waals surface area contributed by atoms with Gasteiger partial charge >= 0.3 is 0 Å². The molecule has 608 valence electrons. The van der Waals surface area contributed by atoms with Gasteiger partial charge in [-0.1, -0.05) is 347 Å². The van der Waals surface area contributed by atoms with Crippen molar-refractivity contribution in [2.75, 3.05) is 9.80 Å². The van der Waals surface area contributed by atoms with Crippen molar-refractivity contribution < 1.29 is 17.7 Å². The summed E-state index contributed by atoms with van der Waals surface area (Å²) in [6.45, 7) is 4.73. The van der Waals surface area contributed by atoms with Gasteiger partial charge in [-0.15, -0.1) is 0 Å². The first-order valence-electron chi connectivity index (χ1n) is 44.1. The zero-order valence-corrected chi connectivity index (χ0v) is 70.9. The molecule has 0 saturated carbocycles. The molecule has 0 atom stereocenters. The zero-order valence-electron chi connectivity index (χ0n) is 70.9. The third kappa shape index (κ3) is 13.7. The Balaban J connectivity index is 0.000000145. The number of rotatable bonds is 15. The molecule has 0 fully saturated rings. The second-order valence-corrected chi connectivity index (χ2v) is 34.2. The van der Waals surface area contributed by atoms with Crippen LogP contribution in [0.25, 0.3) is 199 Å². The molecular formula is C123H82N2O4. The Morgan fingerprint density at radius 3 is 0.775 bits per heavy atom. The Morgan fingerprint density at radius 2 is 0.395 bits per heavy atom. The lowest BCUT2D eigenvalue weighted by Gasteiger charge is -2.28. The number of para-hydroxylation sites is 6. The highest BCUT2D eigenvalue weighted by atomic mass is 16.3. The van der Waals surface area contributed by atoms with Crippen molar-refractivity contribution in [3.05, 3.63) is 472 Å². The van der Waals surface area contributed by atoms with Gasteiger partial charge in [-0.2, -0.15) is 0 Å². The van der Waals surface area contributed by atoms with E-state index in [9.17, 15) is 0 Å². The molecule has 129 heavy (non-hydrogen) atoms. The van der Waals surface area contributed by atoms with E-state index in [-0.39, 0.29) is 5.41 Å². The number of hydrogen-bond donors (Lipinski definition) is 0. The van der Waals surface area contributed by atoms with E-state index in [0.717, 1.165) is 155 Å². The topological polar surface area (TPSA) is 59.0 Å². The summed E-state index contributed by atoms with van der Waals surface area (Å²) in [4.78, 5) is 4.72. The summed E-state index contributed by atoms with van der Waals surface area (Å²) in [6.07, 6.45) is 0. The normalized spacial score (nSPS) is 12.2. The van der Waals surface area contributed by atoms with E-state index in [4.69, 9.17) is 17.7 Å². The van der Waals surface area contributed by atoms with E-state index in [0.29, 0.717) is 0 Å². The molecule has 20 aromatic carbocycles. The molecule has 0 amide bonds. The number of furan rings is 4. The molecule has 4 aromatic heterocycles. The van der Waals surface area contributed by atoms with Crippen LogP contribution in [0, 0.1) is 0 Å². The van der Waals surface area contributed by atoms with Crippen LogP contribution in [-0.2, 0) is 5.41 Å². The molecule has 0 N–H and O–H groups in total. The predicted molar refractivity (Wildman–Crippen MR) is 538 cm³/mol. The summed E-state index contributed by atoms with van der Waals surface area (Å²) >= 11 is 0. The van der Waals surface area contributed by atoms with Gasteiger partial charge < -0.3 is 27.5 Å². The first kappa shape index (κ1) is 75.9. The largest absolute Gasteiger partial charge is 0.456 e. The molecule has 25 rings (SSSR count). The van der Waals surface area contributed by atoms with E-state index in [1.165, 1.54) is 89.0 Å². The highest BCUT2D eigenvalue weighted by Gasteiger charge is 2.37. The van der Waals surface area contributed by atoms with Crippen LogP contribution in [0.5, 0.6) is 0 Å². The van der Waals surface area contributed by atoms with Crippen molar-refractivity contribution >= 4 is 122 Å². The van der Waals surface area contributed by atoms with Crippen LogP contribution in [0.4, 0.5) is 34.1 Å². The van der Waals surface area contributed by atoms with E-state index >= 15 is 0 Å². The van der Waals surface area contributed by atoms with Crippen LogP contribution in [0.3, 0.4) is 0 Å². The maximum Gasteiger partial charge on any atom is 0.143 e. The fourth-order valence-corrected chi connectivity index (χ4v) is 19.5. The Morgan fingerprint density at radius 1 is 0.155 bits per heavy atom. The standard InChI is InChI=1S/C66H43NO2.C57H39NO2/c1-2-8-44(9-3-1)45-14-16-46(17-15-45)49-26-34-56(35-27-49)67(57-36-28-50(29-37-57)47-18-22-52(23-19-47)54-32-40-65-61(42-54)59-10-4-6-12-63(59)68-65)58-38-30-51(31-39-58)48-20-24-53(25-21-48)55-33-41-66-62(43-55)60-11-5-7-13-64(60)69-66;1-57(2)51-34-39(36-12-4-3-5-13-36)26-32-45(51)46-33-31-42(35-52(46)57)58(40-27-22-37(23-28-40)43-16-10-18-49-47-14-6-8-20-53(47)59-55(43)49)41-29-24-38(25-30-41)44-17-11-19-50-48-15-7-9-21-54(48)60-56(44)50/h1-43H;3-35H,1-2H3. The molecule has 24 aromatic rings. The maximum absolute atomic E-state index is 6.45. The molecule has 0 radical (unpaired) electrons. The van der Waals surface area contributed by atoms with Gasteiger partial charge in [0.25, 0.3) is 0 Å². The second-order valence-electron chi connectivity index (χ2n) is 34.2. The summed E-state index contributed by atoms with van der Waals surface area (Å²) in [5.74, 6) is 0. The van der Waals surface area contributed by atoms with Crippen LogP contribution in [0.1, 0.15) is 25.0 Å². The Hall–Kier alpha value is -16.8. The average molecular weight is 1650 g/mol. The lowest BCUT2D eigenvalue weighted by atomic mass is 9.81. The van der Waals surface area contributed by atoms with Gasteiger partial charge in [-0.05, 0) is 239 Å². The van der Waals surface area contributed by atoms with Gasteiger partial charge in [0.05, 0.1) is 0 Å². The van der Waals surface area contributed by atoms with Gasteiger partial charge in [-0.3, -0.25) is 0 Å². The van der Waals surface area contributed by atoms with Crippen LogP contribution in [0.2, 0.25) is 0 Å². The molecule has 1 aliphatic carbocycles. The van der Waals surface area contributed by atoms with E-state index in [1.54, 1.807) is 0 Å². The van der Waals surface area contributed by atoms with Gasteiger partial charge in [0.2, 0.25) is 0 Å². The third-order valence-corrected chi connectivity index (χ3v) is 26.3. The van der Waals surface area contributed by atoms with Gasteiger partial charge in [0, 0.05) is 93.8 Å². The molecule has 6 nitrogen and oxygen atoms in total. The first-order valence-corrected chi connectivity index (χ1v) is 44.1. The van der Waals surface area contributed by atoms with Crippen LogP contribution in [0.15, 0.2) is 479 Å². The van der Waals surface area contributed by atoms with Crippen molar-refractivity contribution in [2.24, 2.45) is 0 Å². The van der Waals surface area contributed by atoms with Gasteiger partial charge in [-0.25, -0.2) is 0 Å². The van der Waals surface area contributed by atoms with Crippen molar-refractivity contribution in [3.63, 3.8) is 0 Å². The number of hydrogen-bond acceptors (Lipinski definition) is 6. The number of anilines is 6. The Bertz CT molecular complexity index is 8020. The smallest absolute Gasteiger partial charge is 0.143 e. The van der Waals surface area contributed by atoms with Gasteiger partial charge in [0.15, 0.2) is 0 Å². The van der Waals surface area contributed by atoms with Crippen LogP contribution >= 0.6 is 0 Å². The molecular weight excluding hydrogens is 1570 g/mol. The summed E-state index contributed by atoms with van der Waals surface area (Å²) < 4.78 is 25.1. The molecule has 0 unspecified atom stereocenters. The summed E-state index contributed by atoms with van der Waals surface area (Å²) in [5, 5.41) is 9.08.